The molecule has 0 amide bonds. The van der Waals surface area contributed by atoms with E-state index in [0.29, 0.717) is 12.0 Å². The van der Waals surface area contributed by atoms with Gasteiger partial charge in [0.25, 0.3) is 0 Å². The lowest BCUT2D eigenvalue weighted by molar-refractivity contribution is 0.462. The number of hydrogen-bond donors (Lipinski definition) is 2. The summed E-state index contributed by atoms with van der Waals surface area (Å²) in [5.74, 6) is 1.60. The van der Waals surface area contributed by atoms with Crippen molar-refractivity contribution < 1.29 is 0 Å². The summed E-state index contributed by atoms with van der Waals surface area (Å²) in [6.45, 7) is 4.36. The molecule has 5 heteroatoms. The van der Waals surface area contributed by atoms with E-state index in [4.69, 9.17) is 0 Å². The van der Waals surface area contributed by atoms with Crippen LogP contribution < -0.4 is 15.5 Å². The van der Waals surface area contributed by atoms with E-state index in [1.807, 2.05) is 13.0 Å². The first-order valence-corrected chi connectivity index (χ1v) is 10.0. The Kier molecular flexibility index (Phi) is 5.23. The maximum atomic E-state index is 4.68. The van der Waals surface area contributed by atoms with Crippen molar-refractivity contribution in [1.29, 1.82) is 0 Å². The molecule has 2 N–H and O–H groups in total. The second kappa shape index (κ2) is 7.94. The highest BCUT2D eigenvalue weighted by atomic mass is 15.2. The molecule has 1 aliphatic heterocycles. The number of nitrogens with one attached hydrogen (secondary N) is 2. The Hall–Kier alpha value is -2.30. The van der Waals surface area contributed by atoms with Crippen molar-refractivity contribution in [2.45, 2.75) is 57.9 Å². The Morgan fingerprint density at radius 2 is 1.65 bits per heavy atom. The predicted octanol–water partition coefficient (Wildman–Crippen LogP) is 4.87. The lowest BCUT2D eigenvalue weighted by Gasteiger charge is -2.23. The topological polar surface area (TPSA) is 53.1 Å². The minimum absolute atomic E-state index is 0.547. The highest BCUT2D eigenvalue weighted by Crippen LogP contribution is 2.25. The molecule has 1 saturated heterocycles. The summed E-state index contributed by atoms with van der Waals surface area (Å²) in [6.07, 6.45) is 9.07. The fraction of sp³-hybridized carbons (Fsp3) is 0.524. The first-order chi connectivity index (χ1) is 12.8. The zero-order valence-corrected chi connectivity index (χ0v) is 15.7. The SMILES string of the molecule is Cc1cc(NC2CCCCC2)nc(Nc2ccc(N3CCCC3)cc2)n1. The summed E-state index contributed by atoms with van der Waals surface area (Å²) in [7, 11) is 0. The van der Waals surface area contributed by atoms with Crippen molar-refractivity contribution in [3.8, 4) is 0 Å². The second-order valence-corrected chi connectivity index (χ2v) is 7.56. The Bertz CT molecular complexity index is 716. The third-order valence-electron chi connectivity index (χ3n) is 5.41. The van der Waals surface area contributed by atoms with Crippen LogP contribution in [0.2, 0.25) is 0 Å². The van der Waals surface area contributed by atoms with Crippen LogP contribution in [-0.2, 0) is 0 Å². The molecule has 0 radical (unpaired) electrons. The normalized spacial score (nSPS) is 18.1. The highest BCUT2D eigenvalue weighted by molar-refractivity contribution is 5.60. The van der Waals surface area contributed by atoms with E-state index in [2.05, 4.69) is 49.8 Å². The summed E-state index contributed by atoms with van der Waals surface area (Å²) in [4.78, 5) is 11.7. The van der Waals surface area contributed by atoms with Gasteiger partial charge in [-0.2, -0.15) is 4.98 Å². The van der Waals surface area contributed by atoms with Crippen molar-refractivity contribution in [1.82, 2.24) is 9.97 Å². The summed E-state index contributed by atoms with van der Waals surface area (Å²) in [5.41, 5.74) is 3.31. The van der Waals surface area contributed by atoms with Gasteiger partial charge in [-0.25, -0.2) is 4.98 Å². The van der Waals surface area contributed by atoms with Crippen LogP contribution in [-0.4, -0.2) is 29.1 Å². The minimum Gasteiger partial charge on any atom is -0.372 e. The summed E-state index contributed by atoms with van der Waals surface area (Å²) >= 11 is 0. The third-order valence-corrected chi connectivity index (χ3v) is 5.41. The van der Waals surface area contributed by atoms with Gasteiger partial charge in [0.05, 0.1) is 0 Å². The van der Waals surface area contributed by atoms with Gasteiger partial charge in [0.2, 0.25) is 5.95 Å². The van der Waals surface area contributed by atoms with Gasteiger partial charge in [0.1, 0.15) is 5.82 Å². The van der Waals surface area contributed by atoms with Gasteiger partial charge in [-0.15, -0.1) is 0 Å². The molecule has 2 aliphatic rings. The number of anilines is 4. The Morgan fingerprint density at radius 3 is 2.38 bits per heavy atom. The Balaban J connectivity index is 1.43. The maximum Gasteiger partial charge on any atom is 0.229 e. The maximum absolute atomic E-state index is 4.68. The van der Waals surface area contributed by atoms with Gasteiger partial charge in [-0.05, 0) is 56.9 Å². The van der Waals surface area contributed by atoms with Crippen molar-refractivity contribution in [2.24, 2.45) is 0 Å². The number of hydrogen-bond acceptors (Lipinski definition) is 5. The molecule has 0 bridgehead atoms. The highest BCUT2D eigenvalue weighted by Gasteiger charge is 2.15. The molecule has 2 aromatic rings. The molecule has 0 unspecified atom stereocenters. The standard InChI is InChI=1S/C21H29N5/c1-16-15-20(23-17-7-3-2-4-8-17)25-21(22-16)24-18-9-11-19(12-10-18)26-13-5-6-14-26/h9-12,15,17H,2-8,13-14H2,1H3,(H2,22,23,24,25). The molecule has 1 aliphatic carbocycles. The van der Waals surface area contributed by atoms with Gasteiger partial charge in [0, 0.05) is 42.3 Å². The van der Waals surface area contributed by atoms with E-state index in [-0.39, 0.29) is 0 Å². The van der Waals surface area contributed by atoms with E-state index in [1.54, 1.807) is 0 Å². The van der Waals surface area contributed by atoms with Crippen molar-refractivity contribution >= 4 is 23.1 Å². The van der Waals surface area contributed by atoms with E-state index in [0.717, 1.165) is 17.2 Å². The van der Waals surface area contributed by atoms with Crippen LogP contribution in [0.1, 0.15) is 50.6 Å². The molecule has 2 heterocycles. The van der Waals surface area contributed by atoms with Crippen LogP contribution in [0, 0.1) is 6.92 Å². The molecule has 2 fully saturated rings. The van der Waals surface area contributed by atoms with Gasteiger partial charge in [-0.3, -0.25) is 0 Å². The molecule has 1 aromatic heterocycles. The molecule has 5 nitrogen and oxygen atoms in total. The lowest BCUT2D eigenvalue weighted by Crippen LogP contribution is -2.23. The first-order valence-electron chi connectivity index (χ1n) is 10.0. The molecular weight excluding hydrogens is 322 g/mol. The van der Waals surface area contributed by atoms with E-state index in [1.165, 1.54) is 63.7 Å². The molecule has 0 spiro atoms. The molecule has 1 saturated carbocycles. The number of aryl methyl sites for hydroxylation is 1. The molecule has 26 heavy (non-hydrogen) atoms. The van der Waals surface area contributed by atoms with Crippen LogP contribution in [0.15, 0.2) is 30.3 Å². The predicted molar refractivity (Wildman–Crippen MR) is 108 cm³/mol. The largest absolute Gasteiger partial charge is 0.372 e. The van der Waals surface area contributed by atoms with Gasteiger partial charge in [-0.1, -0.05) is 19.3 Å². The van der Waals surface area contributed by atoms with Crippen LogP contribution >= 0.6 is 0 Å². The number of rotatable bonds is 5. The molecule has 1 aromatic carbocycles. The summed E-state index contributed by atoms with van der Waals surface area (Å²) in [5, 5.41) is 6.96. The summed E-state index contributed by atoms with van der Waals surface area (Å²) in [6, 6.07) is 11.2. The monoisotopic (exact) mass is 351 g/mol. The molecule has 0 atom stereocenters. The first kappa shape index (κ1) is 17.1. The zero-order chi connectivity index (χ0) is 17.8. The third kappa shape index (κ3) is 4.26. The Morgan fingerprint density at radius 1 is 0.923 bits per heavy atom. The fourth-order valence-corrected chi connectivity index (χ4v) is 4.01. The number of nitrogens with zero attached hydrogens (tertiary/aromatic N) is 3. The van der Waals surface area contributed by atoms with Crippen LogP contribution in [0.25, 0.3) is 0 Å². The fourth-order valence-electron chi connectivity index (χ4n) is 4.01. The summed E-state index contributed by atoms with van der Waals surface area (Å²) < 4.78 is 0. The zero-order valence-electron chi connectivity index (χ0n) is 15.7. The molecule has 138 valence electrons. The Labute approximate surface area is 156 Å². The van der Waals surface area contributed by atoms with Gasteiger partial charge >= 0.3 is 0 Å². The van der Waals surface area contributed by atoms with Crippen molar-refractivity contribution in [3.63, 3.8) is 0 Å². The van der Waals surface area contributed by atoms with Crippen LogP contribution in [0.3, 0.4) is 0 Å². The smallest absolute Gasteiger partial charge is 0.229 e. The molecular formula is C21H29N5. The van der Waals surface area contributed by atoms with Crippen LogP contribution in [0.4, 0.5) is 23.1 Å². The molecule has 4 rings (SSSR count). The van der Waals surface area contributed by atoms with E-state index >= 15 is 0 Å². The minimum atomic E-state index is 0.547. The van der Waals surface area contributed by atoms with Crippen LogP contribution in [0.5, 0.6) is 0 Å². The van der Waals surface area contributed by atoms with Crippen molar-refractivity contribution in [3.05, 3.63) is 36.0 Å². The number of benzene rings is 1. The van der Waals surface area contributed by atoms with Crippen molar-refractivity contribution in [2.75, 3.05) is 28.6 Å². The second-order valence-electron chi connectivity index (χ2n) is 7.56. The van der Waals surface area contributed by atoms with E-state index in [9.17, 15) is 0 Å². The van der Waals surface area contributed by atoms with Gasteiger partial charge in [0.15, 0.2) is 0 Å². The van der Waals surface area contributed by atoms with Gasteiger partial charge < -0.3 is 15.5 Å². The van der Waals surface area contributed by atoms with E-state index < -0.39 is 0 Å². The average molecular weight is 351 g/mol. The quantitative estimate of drug-likeness (QED) is 0.804. The number of aromatic nitrogens is 2. The average Bonchev–Trinajstić information content (AvgIpc) is 3.17. The lowest BCUT2D eigenvalue weighted by atomic mass is 9.95.